The maximum Gasteiger partial charge on any atom is 0.139 e. The van der Waals surface area contributed by atoms with Crippen LogP contribution < -0.4 is 10.6 Å². The van der Waals surface area contributed by atoms with Gasteiger partial charge in [0.1, 0.15) is 17.5 Å². The zero-order chi connectivity index (χ0) is 15.4. The van der Waals surface area contributed by atoms with E-state index in [4.69, 9.17) is 11.6 Å². The SMILES string of the molecule is CCCNc1nc(C)nc(Nc2ccc(Cl)cc2I)c1C. The van der Waals surface area contributed by atoms with Crippen molar-refractivity contribution in [3.8, 4) is 0 Å². The van der Waals surface area contributed by atoms with E-state index in [1.54, 1.807) is 0 Å². The molecule has 0 aliphatic heterocycles. The Labute approximate surface area is 143 Å². The first kappa shape index (κ1) is 16.3. The van der Waals surface area contributed by atoms with Crippen LogP contribution in [0.15, 0.2) is 18.2 Å². The van der Waals surface area contributed by atoms with E-state index in [1.165, 1.54) is 0 Å². The summed E-state index contributed by atoms with van der Waals surface area (Å²) in [5.41, 5.74) is 2.00. The van der Waals surface area contributed by atoms with Crippen molar-refractivity contribution >= 4 is 51.5 Å². The van der Waals surface area contributed by atoms with Gasteiger partial charge >= 0.3 is 0 Å². The third-order valence-electron chi connectivity index (χ3n) is 2.98. The zero-order valence-electron chi connectivity index (χ0n) is 12.3. The number of halogens is 2. The third-order valence-corrected chi connectivity index (χ3v) is 4.11. The summed E-state index contributed by atoms with van der Waals surface area (Å²) in [6.07, 6.45) is 1.06. The lowest BCUT2D eigenvalue weighted by Crippen LogP contribution is -2.09. The summed E-state index contributed by atoms with van der Waals surface area (Å²) in [6, 6.07) is 5.75. The van der Waals surface area contributed by atoms with Crippen molar-refractivity contribution in [2.75, 3.05) is 17.2 Å². The Kier molecular flexibility index (Phi) is 5.64. The van der Waals surface area contributed by atoms with E-state index in [-0.39, 0.29) is 0 Å². The van der Waals surface area contributed by atoms with Crippen molar-refractivity contribution in [1.82, 2.24) is 9.97 Å². The molecule has 1 heterocycles. The van der Waals surface area contributed by atoms with Crippen molar-refractivity contribution in [2.45, 2.75) is 27.2 Å². The number of anilines is 3. The Hall–Kier alpha value is -1.08. The van der Waals surface area contributed by atoms with Gasteiger partial charge < -0.3 is 10.6 Å². The van der Waals surface area contributed by atoms with Crippen molar-refractivity contribution in [3.05, 3.63) is 38.2 Å². The van der Waals surface area contributed by atoms with Crippen LogP contribution in [0, 0.1) is 17.4 Å². The van der Waals surface area contributed by atoms with Crippen LogP contribution in [0.4, 0.5) is 17.3 Å². The molecule has 6 heteroatoms. The highest BCUT2D eigenvalue weighted by Crippen LogP contribution is 2.28. The molecule has 0 atom stereocenters. The number of nitrogens with zero attached hydrogens (tertiary/aromatic N) is 2. The average Bonchev–Trinajstić information content (AvgIpc) is 2.43. The van der Waals surface area contributed by atoms with Crippen molar-refractivity contribution in [2.24, 2.45) is 0 Å². The van der Waals surface area contributed by atoms with Crippen LogP contribution in [0.25, 0.3) is 0 Å². The molecule has 2 N–H and O–H groups in total. The predicted octanol–water partition coefficient (Wildman–Crippen LogP) is 4.92. The molecule has 4 nitrogen and oxygen atoms in total. The van der Waals surface area contributed by atoms with Gasteiger partial charge in [-0.05, 0) is 61.1 Å². The minimum atomic E-state index is 0.728. The molecular weight excluding hydrogens is 399 g/mol. The van der Waals surface area contributed by atoms with E-state index in [0.29, 0.717) is 0 Å². The lowest BCUT2D eigenvalue weighted by atomic mass is 10.2. The Morgan fingerprint density at radius 1 is 1.19 bits per heavy atom. The first-order chi connectivity index (χ1) is 10.0. The maximum atomic E-state index is 5.99. The molecule has 0 spiro atoms. The Morgan fingerprint density at radius 2 is 1.90 bits per heavy atom. The number of rotatable bonds is 5. The lowest BCUT2D eigenvalue weighted by molar-refractivity contribution is 0.948. The molecule has 0 fully saturated rings. The van der Waals surface area contributed by atoms with Crippen LogP contribution in [-0.2, 0) is 0 Å². The highest BCUT2D eigenvalue weighted by Gasteiger charge is 2.10. The molecule has 2 rings (SSSR count). The van der Waals surface area contributed by atoms with E-state index in [1.807, 2.05) is 32.0 Å². The molecule has 21 heavy (non-hydrogen) atoms. The Bertz CT molecular complexity index is 646. The topological polar surface area (TPSA) is 49.8 Å². The summed E-state index contributed by atoms with van der Waals surface area (Å²) in [6.45, 7) is 6.94. The normalized spacial score (nSPS) is 10.5. The van der Waals surface area contributed by atoms with Gasteiger partial charge in [-0.2, -0.15) is 0 Å². The number of nitrogens with one attached hydrogen (secondary N) is 2. The van der Waals surface area contributed by atoms with Gasteiger partial charge in [0, 0.05) is 20.7 Å². The molecule has 2 aromatic rings. The van der Waals surface area contributed by atoms with Crippen LogP contribution in [-0.4, -0.2) is 16.5 Å². The quantitative estimate of drug-likeness (QED) is 0.680. The molecule has 0 unspecified atom stereocenters. The second-order valence-corrected chi connectivity index (χ2v) is 6.37. The number of aromatic nitrogens is 2. The second-order valence-electron chi connectivity index (χ2n) is 4.77. The average molecular weight is 417 g/mol. The van der Waals surface area contributed by atoms with Gasteiger partial charge in [-0.1, -0.05) is 18.5 Å². The molecule has 1 aromatic heterocycles. The summed E-state index contributed by atoms with van der Waals surface area (Å²) in [4.78, 5) is 8.97. The van der Waals surface area contributed by atoms with E-state index >= 15 is 0 Å². The summed E-state index contributed by atoms with van der Waals surface area (Å²) in [5.74, 6) is 2.45. The van der Waals surface area contributed by atoms with Crippen LogP contribution >= 0.6 is 34.2 Å². The molecule has 0 radical (unpaired) electrons. The highest BCUT2D eigenvalue weighted by molar-refractivity contribution is 14.1. The fourth-order valence-electron chi connectivity index (χ4n) is 1.88. The molecule has 0 saturated heterocycles. The second kappa shape index (κ2) is 7.26. The summed E-state index contributed by atoms with van der Waals surface area (Å²) < 4.78 is 1.05. The van der Waals surface area contributed by atoms with E-state index in [2.05, 4.69) is 50.1 Å². The summed E-state index contributed by atoms with van der Waals surface area (Å²) >= 11 is 8.25. The van der Waals surface area contributed by atoms with Gasteiger partial charge in [-0.25, -0.2) is 9.97 Å². The van der Waals surface area contributed by atoms with Gasteiger partial charge in [0.05, 0.1) is 5.69 Å². The van der Waals surface area contributed by atoms with Gasteiger partial charge in [0.15, 0.2) is 0 Å². The fraction of sp³-hybridized carbons (Fsp3) is 0.333. The summed E-state index contributed by atoms with van der Waals surface area (Å²) in [5, 5.41) is 7.43. The number of hydrogen-bond acceptors (Lipinski definition) is 4. The van der Waals surface area contributed by atoms with Gasteiger partial charge in [0.2, 0.25) is 0 Å². The Balaban J connectivity index is 2.32. The molecule has 0 aliphatic rings. The van der Waals surface area contributed by atoms with Crippen LogP contribution in [0.5, 0.6) is 0 Å². The van der Waals surface area contributed by atoms with E-state index < -0.39 is 0 Å². The van der Waals surface area contributed by atoms with Gasteiger partial charge in [0.25, 0.3) is 0 Å². The number of benzene rings is 1. The molecule has 1 aromatic carbocycles. The standard InChI is InChI=1S/C15H18ClIN4/c1-4-7-18-14-9(2)15(20-10(3)19-14)21-13-6-5-11(16)8-12(13)17/h5-6,8H,4,7H2,1-3H3,(H2,18,19,20,21). The first-order valence-corrected chi connectivity index (χ1v) is 8.28. The maximum absolute atomic E-state index is 5.99. The monoisotopic (exact) mass is 416 g/mol. The molecule has 0 aliphatic carbocycles. The third kappa shape index (κ3) is 4.20. The smallest absolute Gasteiger partial charge is 0.139 e. The van der Waals surface area contributed by atoms with E-state index in [9.17, 15) is 0 Å². The predicted molar refractivity (Wildman–Crippen MR) is 97.7 cm³/mol. The largest absolute Gasteiger partial charge is 0.370 e. The van der Waals surface area contributed by atoms with Gasteiger partial charge in [-0.3, -0.25) is 0 Å². The number of aryl methyl sites for hydroxylation is 1. The van der Waals surface area contributed by atoms with Crippen LogP contribution in [0.3, 0.4) is 0 Å². The number of hydrogen-bond donors (Lipinski definition) is 2. The van der Waals surface area contributed by atoms with Crippen molar-refractivity contribution in [1.29, 1.82) is 0 Å². The lowest BCUT2D eigenvalue weighted by Gasteiger charge is -2.15. The van der Waals surface area contributed by atoms with E-state index in [0.717, 1.165) is 50.3 Å². The summed E-state index contributed by atoms with van der Waals surface area (Å²) in [7, 11) is 0. The zero-order valence-corrected chi connectivity index (χ0v) is 15.2. The highest BCUT2D eigenvalue weighted by atomic mass is 127. The Morgan fingerprint density at radius 3 is 2.57 bits per heavy atom. The van der Waals surface area contributed by atoms with Crippen LogP contribution in [0.1, 0.15) is 24.7 Å². The molecule has 0 bridgehead atoms. The fourth-order valence-corrected chi connectivity index (χ4v) is 2.89. The molecule has 112 valence electrons. The van der Waals surface area contributed by atoms with Gasteiger partial charge in [-0.15, -0.1) is 0 Å². The van der Waals surface area contributed by atoms with Crippen molar-refractivity contribution in [3.63, 3.8) is 0 Å². The molecular formula is C15H18ClIN4. The minimum Gasteiger partial charge on any atom is -0.370 e. The molecule has 0 amide bonds. The molecule has 0 saturated carbocycles. The van der Waals surface area contributed by atoms with Crippen molar-refractivity contribution < 1.29 is 0 Å². The van der Waals surface area contributed by atoms with Crippen LogP contribution in [0.2, 0.25) is 5.02 Å². The first-order valence-electron chi connectivity index (χ1n) is 6.82. The minimum absolute atomic E-state index is 0.728.